The fraction of sp³-hybridized carbons (Fsp3) is 0.182. The first-order chi connectivity index (χ1) is 12.5. The van der Waals surface area contributed by atoms with Crippen LogP contribution in [0.1, 0.15) is 21.3 Å². The van der Waals surface area contributed by atoms with Gasteiger partial charge in [0.1, 0.15) is 23.0 Å². The number of benzene rings is 1. The van der Waals surface area contributed by atoms with E-state index in [4.69, 9.17) is 8.83 Å². The normalized spacial score (nSPS) is 11.8. The molecule has 0 amide bonds. The first kappa shape index (κ1) is 15.9. The Morgan fingerprint density at radius 2 is 1.04 bits per heavy atom. The third-order valence-corrected chi connectivity index (χ3v) is 6.81. The summed E-state index contributed by atoms with van der Waals surface area (Å²) in [5, 5.41) is 2.50. The number of hydrogen-bond acceptors (Lipinski definition) is 4. The van der Waals surface area contributed by atoms with E-state index in [0.717, 1.165) is 23.0 Å². The van der Waals surface area contributed by atoms with Crippen LogP contribution in [-0.2, 0) is 0 Å². The second-order valence-electron chi connectivity index (χ2n) is 6.77. The number of fused-ring (bicyclic) bond motifs is 2. The highest BCUT2D eigenvalue weighted by molar-refractivity contribution is 7.21. The minimum Gasteiger partial charge on any atom is -0.461 e. The van der Waals surface area contributed by atoms with Crippen molar-refractivity contribution in [2.24, 2.45) is 0 Å². The summed E-state index contributed by atoms with van der Waals surface area (Å²) in [6.45, 7) is 8.32. The van der Waals surface area contributed by atoms with Crippen LogP contribution in [0, 0.1) is 27.7 Å². The number of aryl methyl sites for hydroxylation is 4. The van der Waals surface area contributed by atoms with Gasteiger partial charge in [-0.1, -0.05) is 0 Å². The van der Waals surface area contributed by atoms with Gasteiger partial charge in [0.05, 0.1) is 0 Å². The Morgan fingerprint density at radius 3 is 1.38 bits per heavy atom. The summed E-state index contributed by atoms with van der Waals surface area (Å²) in [6, 6.07) is 12.8. The maximum Gasteiger partial charge on any atom is 0.136 e. The van der Waals surface area contributed by atoms with E-state index >= 15 is 0 Å². The molecule has 1 aromatic carbocycles. The van der Waals surface area contributed by atoms with Gasteiger partial charge in [0, 0.05) is 41.1 Å². The summed E-state index contributed by atoms with van der Waals surface area (Å²) in [6.07, 6.45) is 0. The zero-order valence-corrected chi connectivity index (χ0v) is 16.7. The Kier molecular flexibility index (Phi) is 3.43. The second kappa shape index (κ2) is 5.60. The fourth-order valence-electron chi connectivity index (χ4n) is 3.64. The van der Waals surface area contributed by atoms with Crippen molar-refractivity contribution >= 4 is 42.8 Å². The van der Waals surface area contributed by atoms with Gasteiger partial charge in [-0.3, -0.25) is 0 Å². The van der Waals surface area contributed by atoms with Gasteiger partial charge in [0.2, 0.25) is 0 Å². The lowest BCUT2D eigenvalue weighted by molar-refractivity contribution is 0.548. The van der Waals surface area contributed by atoms with Crippen LogP contribution in [0.4, 0.5) is 0 Å². The van der Waals surface area contributed by atoms with Crippen molar-refractivity contribution < 1.29 is 8.83 Å². The molecule has 0 bridgehead atoms. The Bertz CT molecular complexity index is 1120. The smallest absolute Gasteiger partial charge is 0.136 e. The van der Waals surface area contributed by atoms with Crippen LogP contribution in [0.25, 0.3) is 42.8 Å². The van der Waals surface area contributed by atoms with E-state index in [1.54, 1.807) is 0 Å². The molecule has 0 saturated carbocycles. The van der Waals surface area contributed by atoms with Crippen molar-refractivity contribution in [1.29, 1.82) is 0 Å². The molecule has 0 fully saturated rings. The van der Waals surface area contributed by atoms with Crippen LogP contribution in [0.2, 0.25) is 0 Å². The van der Waals surface area contributed by atoms with Crippen LogP contribution in [-0.4, -0.2) is 0 Å². The minimum absolute atomic E-state index is 0.937. The van der Waals surface area contributed by atoms with Gasteiger partial charge >= 0.3 is 0 Å². The van der Waals surface area contributed by atoms with Gasteiger partial charge in [-0.25, -0.2) is 0 Å². The second-order valence-corrected chi connectivity index (χ2v) is 9.28. The van der Waals surface area contributed by atoms with Gasteiger partial charge in [0.15, 0.2) is 0 Å². The van der Waals surface area contributed by atoms with E-state index < -0.39 is 0 Å². The Morgan fingerprint density at radius 1 is 0.615 bits per heavy atom. The van der Waals surface area contributed by atoms with E-state index in [2.05, 4.69) is 38.1 Å². The Labute approximate surface area is 159 Å². The molecule has 0 aliphatic heterocycles. The van der Waals surface area contributed by atoms with Crippen molar-refractivity contribution in [3.8, 4) is 22.6 Å². The molecular formula is C22H18O2S2. The summed E-state index contributed by atoms with van der Waals surface area (Å²) < 4.78 is 14.6. The summed E-state index contributed by atoms with van der Waals surface area (Å²) in [7, 11) is 0. The Balaban J connectivity index is 2.00. The molecule has 0 aliphatic rings. The number of rotatable bonds is 2. The molecule has 130 valence electrons. The lowest BCUT2D eigenvalue weighted by Gasteiger charge is -2.08. The molecule has 4 aromatic heterocycles. The lowest BCUT2D eigenvalue weighted by atomic mass is 9.99. The summed E-state index contributed by atoms with van der Waals surface area (Å²) >= 11 is 3.65. The maximum atomic E-state index is 6.04. The summed E-state index contributed by atoms with van der Waals surface area (Å²) in [4.78, 5) is 2.59. The monoisotopic (exact) mass is 378 g/mol. The standard InChI is InChI=1S/C22H18O2S2/c1-11-5-7-17(23-11)19-15-9-13(3)26-22(15)20(18-8-6-12(2)24-18)16-10-14(4)25-21(16)19/h5-10H,1-4H3. The number of furan rings is 2. The molecule has 4 heterocycles. The molecule has 26 heavy (non-hydrogen) atoms. The molecule has 0 aliphatic carbocycles. The predicted octanol–water partition coefficient (Wildman–Crippen LogP) is 7.87. The van der Waals surface area contributed by atoms with Gasteiger partial charge in [-0.2, -0.15) is 0 Å². The average Bonchev–Trinajstić information content (AvgIpc) is 3.33. The molecule has 0 saturated heterocycles. The topological polar surface area (TPSA) is 26.3 Å². The maximum absolute atomic E-state index is 6.04. The third-order valence-electron chi connectivity index (χ3n) is 4.68. The highest BCUT2D eigenvalue weighted by Crippen LogP contribution is 2.49. The predicted molar refractivity (Wildman–Crippen MR) is 112 cm³/mol. The van der Waals surface area contributed by atoms with Crippen LogP contribution in [0.15, 0.2) is 45.2 Å². The summed E-state index contributed by atoms with van der Waals surface area (Å²) in [5.74, 6) is 3.76. The first-order valence-corrected chi connectivity index (χ1v) is 10.2. The molecule has 0 unspecified atom stereocenters. The van der Waals surface area contributed by atoms with Crippen LogP contribution in [0.5, 0.6) is 0 Å². The van der Waals surface area contributed by atoms with Crippen LogP contribution in [0.3, 0.4) is 0 Å². The van der Waals surface area contributed by atoms with Crippen LogP contribution >= 0.6 is 22.7 Å². The number of thiophene rings is 2. The lowest BCUT2D eigenvalue weighted by Crippen LogP contribution is -1.82. The third kappa shape index (κ3) is 2.29. The van der Waals surface area contributed by atoms with Crippen molar-refractivity contribution in [2.75, 3.05) is 0 Å². The highest BCUT2D eigenvalue weighted by atomic mass is 32.1. The SMILES string of the molecule is Cc1ccc(-c2c3cc(C)sc3c(-c3ccc(C)o3)c3cc(C)sc23)o1. The van der Waals surface area contributed by atoms with E-state index in [9.17, 15) is 0 Å². The Hall–Kier alpha value is -2.30. The van der Waals surface area contributed by atoms with E-state index in [0.29, 0.717) is 0 Å². The molecule has 2 nitrogen and oxygen atoms in total. The average molecular weight is 379 g/mol. The van der Waals surface area contributed by atoms with Gasteiger partial charge in [-0.05, 0) is 64.1 Å². The van der Waals surface area contributed by atoms with Crippen molar-refractivity contribution in [3.63, 3.8) is 0 Å². The zero-order chi connectivity index (χ0) is 18.0. The summed E-state index contributed by atoms with van der Waals surface area (Å²) in [5.41, 5.74) is 2.41. The van der Waals surface area contributed by atoms with E-state index in [-0.39, 0.29) is 0 Å². The van der Waals surface area contributed by atoms with E-state index in [1.165, 1.54) is 41.1 Å². The molecule has 4 heteroatoms. The molecule has 5 rings (SSSR count). The molecule has 0 N–H and O–H groups in total. The van der Waals surface area contributed by atoms with E-state index in [1.807, 2.05) is 48.7 Å². The van der Waals surface area contributed by atoms with Crippen molar-refractivity contribution in [1.82, 2.24) is 0 Å². The van der Waals surface area contributed by atoms with Crippen molar-refractivity contribution in [3.05, 3.63) is 57.7 Å². The minimum atomic E-state index is 0.937. The number of hydrogen-bond donors (Lipinski definition) is 0. The highest BCUT2D eigenvalue weighted by Gasteiger charge is 2.23. The first-order valence-electron chi connectivity index (χ1n) is 8.61. The molecule has 5 aromatic rings. The molecule has 0 radical (unpaired) electrons. The van der Waals surface area contributed by atoms with Crippen LogP contribution < -0.4 is 0 Å². The molecular weight excluding hydrogens is 360 g/mol. The zero-order valence-electron chi connectivity index (χ0n) is 15.1. The van der Waals surface area contributed by atoms with Gasteiger partial charge in [-0.15, -0.1) is 22.7 Å². The fourth-order valence-corrected chi connectivity index (χ4v) is 5.81. The molecule has 0 spiro atoms. The molecule has 0 atom stereocenters. The quantitative estimate of drug-likeness (QED) is 0.312. The van der Waals surface area contributed by atoms with Gasteiger partial charge in [0.25, 0.3) is 0 Å². The van der Waals surface area contributed by atoms with Crippen molar-refractivity contribution in [2.45, 2.75) is 27.7 Å². The van der Waals surface area contributed by atoms with Gasteiger partial charge < -0.3 is 8.83 Å². The largest absolute Gasteiger partial charge is 0.461 e.